The first kappa shape index (κ1) is 19.4. The second kappa shape index (κ2) is 9.03. The van der Waals surface area contributed by atoms with Gasteiger partial charge in [-0.05, 0) is 36.4 Å². The van der Waals surface area contributed by atoms with E-state index in [2.05, 4.69) is 10.3 Å². The second-order valence-corrected chi connectivity index (χ2v) is 7.08. The van der Waals surface area contributed by atoms with Gasteiger partial charge in [-0.25, -0.2) is 4.98 Å². The van der Waals surface area contributed by atoms with E-state index in [0.717, 1.165) is 11.0 Å². The Hall–Kier alpha value is -2.35. The summed E-state index contributed by atoms with van der Waals surface area (Å²) in [5.74, 6) is -0.759. The van der Waals surface area contributed by atoms with E-state index in [4.69, 9.17) is 16.3 Å². The summed E-state index contributed by atoms with van der Waals surface area (Å²) in [5.41, 5.74) is 2.22. The number of fused-ring (bicyclic) bond motifs is 1. The molecule has 3 aromatic rings. The molecule has 2 aromatic carbocycles. The number of methoxy groups -OCH3 is 1. The molecule has 0 bridgehead atoms. The molecule has 2 amide bonds. The maximum absolute atomic E-state index is 12.2. The number of amides is 2. The summed E-state index contributed by atoms with van der Waals surface area (Å²) in [7, 11) is 1.64. The Balaban J connectivity index is 1.66. The number of benzene rings is 2. The Morgan fingerprint density at radius 2 is 1.93 bits per heavy atom. The average Bonchev–Trinajstić information content (AvgIpc) is 3.02. The van der Waals surface area contributed by atoms with Crippen molar-refractivity contribution in [1.29, 1.82) is 0 Å². The lowest BCUT2D eigenvalue weighted by Crippen LogP contribution is -2.31. The summed E-state index contributed by atoms with van der Waals surface area (Å²) in [6.07, 6.45) is 0. The molecule has 0 aliphatic rings. The number of hydrogen-bond acceptors (Lipinski definition) is 5. The van der Waals surface area contributed by atoms with Crippen molar-refractivity contribution in [2.45, 2.75) is 11.7 Å². The Morgan fingerprint density at radius 1 is 1.19 bits per heavy atom. The maximum Gasteiger partial charge on any atom is 0.257 e. The van der Waals surface area contributed by atoms with Crippen molar-refractivity contribution in [1.82, 2.24) is 14.9 Å². The van der Waals surface area contributed by atoms with Gasteiger partial charge in [-0.2, -0.15) is 0 Å². The van der Waals surface area contributed by atoms with Gasteiger partial charge < -0.3 is 9.30 Å². The summed E-state index contributed by atoms with van der Waals surface area (Å²) in [6, 6.07) is 14.1. The van der Waals surface area contributed by atoms with Crippen molar-refractivity contribution in [2.24, 2.45) is 0 Å². The van der Waals surface area contributed by atoms with E-state index in [0.29, 0.717) is 28.9 Å². The normalized spacial score (nSPS) is 10.9. The number of imidazole rings is 1. The summed E-state index contributed by atoms with van der Waals surface area (Å²) in [5, 5.41) is 3.62. The molecule has 0 aliphatic heterocycles. The Bertz CT molecular complexity index is 956. The number of halogens is 1. The molecule has 0 atom stereocenters. The number of nitrogens with zero attached hydrogens (tertiary/aromatic N) is 2. The van der Waals surface area contributed by atoms with Crippen LogP contribution in [0.2, 0.25) is 5.02 Å². The first-order chi connectivity index (χ1) is 13.1. The maximum atomic E-state index is 12.2. The minimum Gasteiger partial charge on any atom is -0.383 e. The lowest BCUT2D eigenvalue weighted by atomic mass is 10.2. The fourth-order valence-electron chi connectivity index (χ4n) is 2.53. The summed E-state index contributed by atoms with van der Waals surface area (Å²) in [6.45, 7) is 1.17. The molecular weight excluding hydrogens is 386 g/mol. The van der Waals surface area contributed by atoms with Crippen molar-refractivity contribution in [3.05, 3.63) is 59.1 Å². The monoisotopic (exact) mass is 403 g/mol. The van der Waals surface area contributed by atoms with E-state index in [9.17, 15) is 9.59 Å². The van der Waals surface area contributed by atoms with Crippen molar-refractivity contribution in [3.63, 3.8) is 0 Å². The van der Waals surface area contributed by atoms with Gasteiger partial charge in [-0.3, -0.25) is 14.9 Å². The van der Waals surface area contributed by atoms with E-state index in [-0.39, 0.29) is 11.7 Å². The van der Waals surface area contributed by atoms with Crippen LogP contribution in [0.15, 0.2) is 53.7 Å². The van der Waals surface area contributed by atoms with E-state index < -0.39 is 5.91 Å². The molecule has 0 saturated heterocycles. The van der Waals surface area contributed by atoms with Gasteiger partial charge in [0.1, 0.15) is 0 Å². The molecule has 3 rings (SSSR count). The Morgan fingerprint density at radius 3 is 2.67 bits per heavy atom. The highest BCUT2D eigenvalue weighted by Crippen LogP contribution is 2.24. The Kier molecular flexibility index (Phi) is 6.49. The molecule has 140 valence electrons. The molecule has 0 radical (unpaired) electrons. The molecule has 1 N–H and O–H groups in total. The number of imide groups is 1. The van der Waals surface area contributed by atoms with Crippen LogP contribution in [0, 0.1) is 0 Å². The number of rotatable bonds is 7. The largest absolute Gasteiger partial charge is 0.383 e. The molecule has 1 heterocycles. The van der Waals surface area contributed by atoms with Gasteiger partial charge >= 0.3 is 0 Å². The first-order valence-corrected chi connectivity index (χ1v) is 9.61. The fraction of sp³-hybridized carbons (Fsp3) is 0.211. The number of nitrogens with one attached hydrogen (secondary N) is 1. The lowest BCUT2D eigenvalue weighted by molar-refractivity contribution is -0.117. The zero-order valence-corrected chi connectivity index (χ0v) is 16.2. The smallest absolute Gasteiger partial charge is 0.257 e. The number of aromatic nitrogens is 2. The SMILES string of the molecule is COCCn1c(SCC(=O)NC(=O)c2ccc(Cl)cc2)nc2ccccc21. The number of carbonyl (C=O) groups excluding carboxylic acids is 2. The number of para-hydroxylation sites is 2. The first-order valence-electron chi connectivity index (χ1n) is 8.25. The van der Waals surface area contributed by atoms with Gasteiger partial charge in [0.25, 0.3) is 5.91 Å². The minimum atomic E-state index is -0.454. The molecule has 0 saturated carbocycles. The third-order valence-corrected chi connectivity index (χ3v) is 5.06. The van der Waals surface area contributed by atoms with Gasteiger partial charge in [-0.1, -0.05) is 35.5 Å². The van der Waals surface area contributed by atoms with Crippen molar-refractivity contribution >= 4 is 46.2 Å². The minimum absolute atomic E-state index is 0.0790. The topological polar surface area (TPSA) is 73.2 Å². The van der Waals surface area contributed by atoms with Gasteiger partial charge in [0.2, 0.25) is 5.91 Å². The molecule has 0 unspecified atom stereocenters. The van der Waals surface area contributed by atoms with Crippen LogP contribution in [0.3, 0.4) is 0 Å². The van der Waals surface area contributed by atoms with Gasteiger partial charge in [0.05, 0.1) is 23.4 Å². The van der Waals surface area contributed by atoms with Crippen LogP contribution in [0.5, 0.6) is 0 Å². The number of hydrogen-bond donors (Lipinski definition) is 1. The van der Waals surface area contributed by atoms with E-state index in [1.165, 1.54) is 11.8 Å². The number of carbonyl (C=O) groups is 2. The highest BCUT2D eigenvalue weighted by atomic mass is 35.5. The van der Waals surface area contributed by atoms with Crippen LogP contribution >= 0.6 is 23.4 Å². The summed E-state index contributed by atoms with van der Waals surface area (Å²) in [4.78, 5) is 28.8. The standard InChI is InChI=1S/C19H18ClN3O3S/c1-26-11-10-23-16-5-3-2-4-15(16)21-19(23)27-12-17(24)22-18(25)13-6-8-14(20)9-7-13/h2-9H,10-12H2,1H3,(H,22,24,25). The number of thioether (sulfide) groups is 1. The lowest BCUT2D eigenvalue weighted by Gasteiger charge is -2.08. The molecule has 1 aromatic heterocycles. The highest BCUT2D eigenvalue weighted by Gasteiger charge is 2.15. The molecule has 0 spiro atoms. The molecule has 8 heteroatoms. The van der Waals surface area contributed by atoms with Gasteiger partial charge in [-0.15, -0.1) is 0 Å². The fourth-order valence-corrected chi connectivity index (χ4v) is 3.50. The quantitative estimate of drug-likeness (QED) is 0.612. The van der Waals surface area contributed by atoms with Crippen LogP contribution in [0.25, 0.3) is 11.0 Å². The van der Waals surface area contributed by atoms with Crippen LogP contribution < -0.4 is 5.32 Å². The second-order valence-electron chi connectivity index (χ2n) is 5.70. The third-order valence-electron chi connectivity index (χ3n) is 3.83. The van der Waals surface area contributed by atoms with Crippen molar-refractivity contribution in [3.8, 4) is 0 Å². The highest BCUT2D eigenvalue weighted by molar-refractivity contribution is 7.99. The van der Waals surface area contributed by atoms with Crippen molar-refractivity contribution in [2.75, 3.05) is 19.5 Å². The number of ether oxygens (including phenoxy) is 1. The van der Waals surface area contributed by atoms with Crippen LogP contribution in [-0.4, -0.2) is 40.8 Å². The van der Waals surface area contributed by atoms with Gasteiger partial charge in [0, 0.05) is 24.2 Å². The molecule has 0 fully saturated rings. The molecule has 6 nitrogen and oxygen atoms in total. The van der Waals surface area contributed by atoms with E-state index in [1.54, 1.807) is 31.4 Å². The third kappa shape index (κ3) is 4.88. The van der Waals surface area contributed by atoms with Crippen LogP contribution in [0.4, 0.5) is 0 Å². The van der Waals surface area contributed by atoms with Crippen molar-refractivity contribution < 1.29 is 14.3 Å². The molecule has 27 heavy (non-hydrogen) atoms. The molecule has 0 aliphatic carbocycles. The predicted molar refractivity (Wildman–Crippen MR) is 106 cm³/mol. The van der Waals surface area contributed by atoms with E-state index in [1.807, 2.05) is 28.8 Å². The van der Waals surface area contributed by atoms with Crippen LogP contribution in [0.1, 0.15) is 10.4 Å². The Labute approximate surface area is 165 Å². The van der Waals surface area contributed by atoms with Gasteiger partial charge in [0.15, 0.2) is 5.16 Å². The summed E-state index contributed by atoms with van der Waals surface area (Å²) >= 11 is 7.09. The van der Waals surface area contributed by atoms with E-state index >= 15 is 0 Å². The predicted octanol–water partition coefficient (Wildman–Crippen LogP) is 3.38. The zero-order valence-electron chi connectivity index (χ0n) is 14.6. The summed E-state index contributed by atoms with van der Waals surface area (Å²) < 4.78 is 7.18. The average molecular weight is 404 g/mol. The molecular formula is C19H18ClN3O3S. The van der Waals surface area contributed by atoms with Crippen LogP contribution in [-0.2, 0) is 16.1 Å². The zero-order chi connectivity index (χ0) is 19.2.